The van der Waals surface area contributed by atoms with Crippen molar-refractivity contribution in [2.75, 3.05) is 6.61 Å². The summed E-state index contributed by atoms with van der Waals surface area (Å²) in [6.45, 7) is 4.02. The van der Waals surface area contributed by atoms with Crippen LogP contribution < -0.4 is 10.1 Å². The zero-order valence-corrected chi connectivity index (χ0v) is 16.5. The molecule has 2 aromatic heterocycles. The normalized spacial score (nSPS) is 12.3. The Morgan fingerprint density at radius 1 is 1.22 bits per heavy atom. The highest BCUT2D eigenvalue weighted by Gasteiger charge is 2.22. The lowest BCUT2D eigenvalue weighted by atomic mass is 10.0. The maximum atomic E-state index is 12.5. The molecule has 3 rings (SSSR count). The number of ether oxygens (including phenoxy) is 1. The van der Waals surface area contributed by atoms with Crippen LogP contribution in [0.2, 0.25) is 10.0 Å². The van der Waals surface area contributed by atoms with Crippen LogP contribution in [-0.4, -0.2) is 27.1 Å². The van der Waals surface area contributed by atoms with E-state index in [-0.39, 0.29) is 18.6 Å². The second kappa shape index (κ2) is 8.59. The standard InChI is InChI=1S/C19H20Cl2N4O2/c1-12(2)9-15(19-24-23-17-5-3-4-8-25(17)19)22-18(26)11-27-16-7-6-13(20)10-14(16)21/h3-8,10,12,15H,9,11H2,1-2H3,(H,22,26)/t15-/m0/s1. The summed E-state index contributed by atoms with van der Waals surface area (Å²) >= 11 is 11.9. The Bertz CT molecular complexity index is 942. The number of rotatable bonds is 7. The SMILES string of the molecule is CC(C)C[C@H](NC(=O)COc1ccc(Cl)cc1Cl)c1nnc2ccccn12. The number of aromatic nitrogens is 3. The van der Waals surface area contributed by atoms with E-state index < -0.39 is 0 Å². The van der Waals surface area contributed by atoms with E-state index in [1.54, 1.807) is 18.2 Å². The fourth-order valence-electron chi connectivity index (χ4n) is 2.77. The van der Waals surface area contributed by atoms with E-state index in [0.29, 0.717) is 27.5 Å². The molecule has 0 unspecified atom stereocenters. The zero-order valence-electron chi connectivity index (χ0n) is 15.0. The second-order valence-corrected chi connectivity index (χ2v) is 7.44. The fraction of sp³-hybridized carbons (Fsp3) is 0.316. The molecule has 27 heavy (non-hydrogen) atoms. The third kappa shape index (κ3) is 4.90. The highest BCUT2D eigenvalue weighted by atomic mass is 35.5. The Balaban J connectivity index is 1.71. The van der Waals surface area contributed by atoms with Crippen molar-refractivity contribution in [3.8, 4) is 5.75 Å². The largest absolute Gasteiger partial charge is 0.482 e. The van der Waals surface area contributed by atoms with Gasteiger partial charge in [0.2, 0.25) is 0 Å². The first-order valence-electron chi connectivity index (χ1n) is 8.61. The van der Waals surface area contributed by atoms with Crippen molar-refractivity contribution in [2.24, 2.45) is 5.92 Å². The number of amides is 1. The smallest absolute Gasteiger partial charge is 0.258 e. The van der Waals surface area contributed by atoms with Crippen LogP contribution in [0.5, 0.6) is 5.75 Å². The second-order valence-electron chi connectivity index (χ2n) is 6.60. The van der Waals surface area contributed by atoms with Gasteiger partial charge in [-0.05, 0) is 42.7 Å². The van der Waals surface area contributed by atoms with Gasteiger partial charge in [-0.25, -0.2) is 0 Å². The Kier molecular flexibility index (Phi) is 6.19. The average molecular weight is 407 g/mol. The van der Waals surface area contributed by atoms with Crippen molar-refractivity contribution in [2.45, 2.75) is 26.3 Å². The lowest BCUT2D eigenvalue weighted by molar-refractivity contribution is -0.124. The third-order valence-electron chi connectivity index (χ3n) is 3.95. The van der Waals surface area contributed by atoms with Gasteiger partial charge in [0.1, 0.15) is 5.75 Å². The van der Waals surface area contributed by atoms with Crippen LogP contribution >= 0.6 is 23.2 Å². The van der Waals surface area contributed by atoms with Crippen LogP contribution in [0, 0.1) is 5.92 Å². The first-order valence-corrected chi connectivity index (χ1v) is 9.36. The van der Waals surface area contributed by atoms with Crippen LogP contribution in [0.15, 0.2) is 42.6 Å². The first kappa shape index (κ1) is 19.5. The van der Waals surface area contributed by atoms with Crippen molar-refractivity contribution in [1.29, 1.82) is 0 Å². The van der Waals surface area contributed by atoms with Gasteiger partial charge in [0.05, 0.1) is 11.1 Å². The molecular formula is C19H20Cl2N4O2. The van der Waals surface area contributed by atoms with Crippen molar-refractivity contribution in [3.05, 3.63) is 58.5 Å². The van der Waals surface area contributed by atoms with E-state index in [0.717, 1.165) is 12.1 Å². The number of hydrogen-bond acceptors (Lipinski definition) is 4. The molecular weight excluding hydrogens is 387 g/mol. The maximum Gasteiger partial charge on any atom is 0.258 e. The van der Waals surface area contributed by atoms with Crippen LogP contribution in [0.25, 0.3) is 5.65 Å². The number of halogens is 2. The van der Waals surface area contributed by atoms with Gasteiger partial charge < -0.3 is 10.1 Å². The van der Waals surface area contributed by atoms with Gasteiger partial charge in [0.15, 0.2) is 18.1 Å². The molecule has 0 aliphatic heterocycles. The number of fused-ring (bicyclic) bond motifs is 1. The summed E-state index contributed by atoms with van der Waals surface area (Å²) < 4.78 is 7.40. The first-order chi connectivity index (χ1) is 12.9. The quantitative estimate of drug-likeness (QED) is 0.634. The highest BCUT2D eigenvalue weighted by molar-refractivity contribution is 6.35. The van der Waals surface area contributed by atoms with Crippen LogP contribution in [-0.2, 0) is 4.79 Å². The number of pyridine rings is 1. The molecule has 1 aromatic carbocycles. The molecule has 3 aromatic rings. The van der Waals surface area contributed by atoms with E-state index in [1.165, 1.54) is 0 Å². The fourth-order valence-corrected chi connectivity index (χ4v) is 3.23. The molecule has 0 radical (unpaired) electrons. The van der Waals surface area contributed by atoms with Gasteiger partial charge in [0.25, 0.3) is 5.91 Å². The number of nitrogens with zero attached hydrogens (tertiary/aromatic N) is 3. The van der Waals surface area contributed by atoms with Gasteiger partial charge >= 0.3 is 0 Å². The monoisotopic (exact) mass is 406 g/mol. The minimum absolute atomic E-state index is 0.160. The summed E-state index contributed by atoms with van der Waals surface area (Å²) in [5.74, 6) is 1.19. The minimum Gasteiger partial charge on any atom is -0.482 e. The molecule has 0 spiro atoms. The van der Waals surface area contributed by atoms with E-state index in [2.05, 4.69) is 29.4 Å². The molecule has 2 heterocycles. The van der Waals surface area contributed by atoms with E-state index in [4.69, 9.17) is 27.9 Å². The van der Waals surface area contributed by atoms with Crippen LogP contribution in [0.3, 0.4) is 0 Å². The molecule has 0 fully saturated rings. The molecule has 0 saturated heterocycles. The van der Waals surface area contributed by atoms with E-state index >= 15 is 0 Å². The van der Waals surface area contributed by atoms with Gasteiger partial charge in [-0.15, -0.1) is 10.2 Å². The van der Waals surface area contributed by atoms with Crippen LogP contribution in [0.1, 0.15) is 32.1 Å². The average Bonchev–Trinajstić information content (AvgIpc) is 3.04. The minimum atomic E-state index is -0.279. The Labute approximate surface area is 167 Å². The van der Waals surface area contributed by atoms with Gasteiger partial charge in [0, 0.05) is 11.2 Å². The molecule has 142 valence electrons. The summed E-state index contributed by atoms with van der Waals surface area (Å²) in [5.41, 5.74) is 0.736. The predicted molar refractivity (Wildman–Crippen MR) is 105 cm³/mol. The maximum absolute atomic E-state index is 12.5. The molecule has 0 aliphatic rings. The molecule has 8 heteroatoms. The van der Waals surface area contributed by atoms with Gasteiger partial charge in [-0.2, -0.15) is 0 Å². The van der Waals surface area contributed by atoms with Crippen molar-refractivity contribution >= 4 is 34.8 Å². The molecule has 1 atom stereocenters. The topological polar surface area (TPSA) is 68.5 Å². The third-order valence-corrected chi connectivity index (χ3v) is 4.48. The molecule has 0 bridgehead atoms. The highest BCUT2D eigenvalue weighted by Crippen LogP contribution is 2.27. The summed E-state index contributed by atoms with van der Waals surface area (Å²) in [6.07, 6.45) is 2.61. The molecule has 1 amide bonds. The number of carbonyl (C=O) groups excluding carboxylic acids is 1. The number of hydrogen-bond donors (Lipinski definition) is 1. The summed E-state index contributed by atoms with van der Waals surface area (Å²) in [4.78, 5) is 12.5. The lowest BCUT2D eigenvalue weighted by Gasteiger charge is -2.19. The number of carbonyl (C=O) groups is 1. The molecule has 1 N–H and O–H groups in total. The predicted octanol–water partition coefficient (Wildman–Crippen LogP) is 4.32. The Morgan fingerprint density at radius 3 is 2.78 bits per heavy atom. The lowest BCUT2D eigenvalue weighted by Crippen LogP contribution is -2.34. The molecule has 6 nitrogen and oxygen atoms in total. The van der Waals surface area contributed by atoms with E-state index in [9.17, 15) is 4.79 Å². The summed E-state index contributed by atoms with van der Waals surface area (Å²) in [6, 6.07) is 10.3. The van der Waals surface area contributed by atoms with Crippen LogP contribution in [0.4, 0.5) is 0 Å². The van der Waals surface area contributed by atoms with E-state index in [1.807, 2.05) is 28.8 Å². The van der Waals surface area contributed by atoms with Gasteiger partial charge in [-0.3, -0.25) is 9.20 Å². The molecule has 0 saturated carbocycles. The summed E-state index contributed by atoms with van der Waals surface area (Å²) in [5, 5.41) is 12.3. The number of benzene rings is 1. The summed E-state index contributed by atoms with van der Waals surface area (Å²) in [7, 11) is 0. The number of nitrogens with one attached hydrogen (secondary N) is 1. The zero-order chi connectivity index (χ0) is 19.4. The Hall–Kier alpha value is -2.31. The van der Waals surface area contributed by atoms with Crippen molar-refractivity contribution in [1.82, 2.24) is 19.9 Å². The van der Waals surface area contributed by atoms with Crippen molar-refractivity contribution < 1.29 is 9.53 Å². The Morgan fingerprint density at radius 2 is 2.04 bits per heavy atom. The molecule has 0 aliphatic carbocycles. The van der Waals surface area contributed by atoms with Crippen molar-refractivity contribution in [3.63, 3.8) is 0 Å². The van der Waals surface area contributed by atoms with Gasteiger partial charge in [-0.1, -0.05) is 43.1 Å².